The van der Waals surface area contributed by atoms with Crippen LogP contribution in [-0.4, -0.2) is 33.8 Å². The number of furan rings is 1. The first kappa shape index (κ1) is 21.0. The number of carbonyl (C=O) groups is 1. The van der Waals surface area contributed by atoms with Crippen LogP contribution in [0.3, 0.4) is 0 Å². The molecule has 3 heterocycles. The molecule has 5 aromatic rings. The Morgan fingerprint density at radius 1 is 1.09 bits per heavy atom. The number of fused-ring (bicyclic) bond motifs is 1. The summed E-state index contributed by atoms with van der Waals surface area (Å²) < 4.78 is 13.1. The minimum Gasteiger partial charge on any atom is -0.496 e. The Morgan fingerprint density at radius 2 is 1.91 bits per heavy atom. The van der Waals surface area contributed by atoms with Gasteiger partial charge < -0.3 is 14.1 Å². The SMILES string of the molecule is COc1ccccc1C(=O)N(CCc1csc2nc(-c3ccccc3)cn12)Cc1ccco1. The maximum Gasteiger partial charge on any atom is 0.258 e. The summed E-state index contributed by atoms with van der Waals surface area (Å²) in [6.07, 6.45) is 4.38. The lowest BCUT2D eigenvalue weighted by Crippen LogP contribution is -2.32. The monoisotopic (exact) mass is 457 g/mol. The van der Waals surface area contributed by atoms with Crippen molar-refractivity contribution in [3.63, 3.8) is 0 Å². The molecule has 2 aromatic carbocycles. The van der Waals surface area contributed by atoms with Crippen molar-refractivity contribution in [3.8, 4) is 17.0 Å². The molecule has 0 unspecified atom stereocenters. The summed E-state index contributed by atoms with van der Waals surface area (Å²) in [5.41, 5.74) is 3.68. The van der Waals surface area contributed by atoms with Crippen LogP contribution < -0.4 is 4.74 Å². The van der Waals surface area contributed by atoms with Gasteiger partial charge in [-0.2, -0.15) is 0 Å². The van der Waals surface area contributed by atoms with Gasteiger partial charge in [0.15, 0.2) is 4.96 Å². The fourth-order valence-corrected chi connectivity index (χ4v) is 4.75. The Balaban J connectivity index is 1.40. The molecule has 5 rings (SSSR count). The standard InChI is InChI=1S/C26H23N3O3S/c1-31-24-12-6-5-11-22(24)25(30)28(16-21-10-7-15-32-21)14-13-20-18-33-26-27-23(17-29(20)26)19-8-3-2-4-9-19/h2-12,15,17-18H,13-14,16H2,1H3. The van der Waals surface area contributed by atoms with Gasteiger partial charge in [0, 0.05) is 35.8 Å². The van der Waals surface area contributed by atoms with Crippen LogP contribution in [0.1, 0.15) is 21.8 Å². The molecule has 0 N–H and O–H groups in total. The number of hydrogen-bond donors (Lipinski definition) is 0. The number of aromatic nitrogens is 2. The molecule has 0 atom stereocenters. The Labute approximate surface area is 195 Å². The molecule has 1 amide bonds. The molecule has 0 aliphatic rings. The second-order valence-corrected chi connectivity index (χ2v) is 8.46. The van der Waals surface area contributed by atoms with Gasteiger partial charge in [0.05, 0.1) is 31.2 Å². The van der Waals surface area contributed by atoms with E-state index in [1.807, 2.05) is 42.5 Å². The third kappa shape index (κ3) is 4.40. The molecule has 0 bridgehead atoms. The molecule has 0 aliphatic carbocycles. The number of carbonyl (C=O) groups excluding carboxylic acids is 1. The summed E-state index contributed by atoms with van der Waals surface area (Å²) in [4.78, 5) is 21.0. The van der Waals surface area contributed by atoms with Gasteiger partial charge in [-0.05, 0) is 24.3 Å². The highest BCUT2D eigenvalue weighted by atomic mass is 32.1. The van der Waals surface area contributed by atoms with Crippen LogP contribution in [0.5, 0.6) is 5.75 Å². The van der Waals surface area contributed by atoms with Crippen LogP contribution in [0.2, 0.25) is 0 Å². The zero-order valence-electron chi connectivity index (χ0n) is 18.2. The van der Waals surface area contributed by atoms with E-state index in [9.17, 15) is 4.79 Å². The van der Waals surface area contributed by atoms with Crippen molar-refractivity contribution in [2.45, 2.75) is 13.0 Å². The Hall–Kier alpha value is -3.84. The Bertz CT molecular complexity index is 1360. The molecule has 0 spiro atoms. The van der Waals surface area contributed by atoms with Crippen LogP contribution in [0.4, 0.5) is 0 Å². The number of hydrogen-bond acceptors (Lipinski definition) is 5. The fourth-order valence-electron chi connectivity index (χ4n) is 3.84. The average Bonchev–Trinajstić information content (AvgIpc) is 3.60. The van der Waals surface area contributed by atoms with Gasteiger partial charge in [-0.1, -0.05) is 42.5 Å². The van der Waals surface area contributed by atoms with E-state index < -0.39 is 0 Å². The topological polar surface area (TPSA) is 60.0 Å². The lowest BCUT2D eigenvalue weighted by Gasteiger charge is -2.22. The second kappa shape index (κ2) is 9.34. The van der Waals surface area contributed by atoms with Gasteiger partial charge in [0.2, 0.25) is 0 Å². The first-order valence-electron chi connectivity index (χ1n) is 10.7. The first-order chi connectivity index (χ1) is 16.2. The van der Waals surface area contributed by atoms with Crippen molar-refractivity contribution in [2.75, 3.05) is 13.7 Å². The molecule has 6 nitrogen and oxygen atoms in total. The third-order valence-electron chi connectivity index (χ3n) is 5.54. The number of ether oxygens (including phenoxy) is 1. The lowest BCUT2D eigenvalue weighted by atomic mass is 10.1. The molecular formula is C26H23N3O3S. The average molecular weight is 458 g/mol. The van der Waals surface area contributed by atoms with Crippen molar-refractivity contribution >= 4 is 22.2 Å². The van der Waals surface area contributed by atoms with E-state index in [2.05, 4.69) is 28.1 Å². The molecular weight excluding hydrogens is 434 g/mol. The quantitative estimate of drug-likeness (QED) is 0.307. The number of para-hydroxylation sites is 1. The molecule has 0 radical (unpaired) electrons. The highest BCUT2D eigenvalue weighted by Gasteiger charge is 2.21. The fraction of sp³-hybridized carbons (Fsp3) is 0.154. The van der Waals surface area contributed by atoms with Crippen molar-refractivity contribution in [1.82, 2.24) is 14.3 Å². The summed E-state index contributed by atoms with van der Waals surface area (Å²) in [6, 6.07) is 21.2. The lowest BCUT2D eigenvalue weighted by molar-refractivity contribution is 0.0729. The summed E-state index contributed by atoms with van der Waals surface area (Å²) in [7, 11) is 1.58. The number of nitrogens with zero attached hydrogens (tertiary/aromatic N) is 3. The molecule has 3 aromatic heterocycles. The summed E-state index contributed by atoms with van der Waals surface area (Å²) in [6.45, 7) is 0.915. The minimum absolute atomic E-state index is 0.0917. The van der Waals surface area contributed by atoms with Crippen LogP contribution >= 0.6 is 11.3 Å². The highest BCUT2D eigenvalue weighted by molar-refractivity contribution is 7.15. The van der Waals surface area contributed by atoms with Gasteiger partial charge in [-0.3, -0.25) is 9.20 Å². The van der Waals surface area contributed by atoms with Gasteiger partial charge in [-0.25, -0.2) is 4.98 Å². The number of methoxy groups -OCH3 is 1. The van der Waals surface area contributed by atoms with E-state index in [4.69, 9.17) is 14.1 Å². The number of rotatable bonds is 8. The zero-order chi connectivity index (χ0) is 22.6. The number of benzene rings is 2. The summed E-state index contributed by atoms with van der Waals surface area (Å²) >= 11 is 1.61. The number of thiazole rings is 1. The van der Waals surface area contributed by atoms with Crippen molar-refractivity contribution < 1.29 is 13.9 Å². The van der Waals surface area contributed by atoms with Crippen molar-refractivity contribution in [1.29, 1.82) is 0 Å². The predicted octanol–water partition coefficient (Wildman–Crippen LogP) is 5.55. The summed E-state index contributed by atoms with van der Waals surface area (Å²) in [5, 5.41) is 2.11. The largest absolute Gasteiger partial charge is 0.496 e. The first-order valence-corrected chi connectivity index (χ1v) is 11.6. The molecule has 0 saturated carbocycles. The second-order valence-electron chi connectivity index (χ2n) is 7.63. The van der Waals surface area contributed by atoms with Crippen molar-refractivity contribution in [2.24, 2.45) is 0 Å². The van der Waals surface area contributed by atoms with Crippen LogP contribution in [-0.2, 0) is 13.0 Å². The van der Waals surface area contributed by atoms with Gasteiger partial charge >= 0.3 is 0 Å². The van der Waals surface area contributed by atoms with Crippen molar-refractivity contribution in [3.05, 3.63) is 102 Å². The van der Waals surface area contributed by atoms with E-state index in [1.54, 1.807) is 41.7 Å². The maximum atomic E-state index is 13.5. The van der Waals surface area contributed by atoms with Gasteiger partial charge in [0.25, 0.3) is 5.91 Å². The number of amides is 1. The molecule has 0 fully saturated rings. The number of imidazole rings is 1. The van der Waals surface area contributed by atoms with Gasteiger partial charge in [-0.15, -0.1) is 11.3 Å². The van der Waals surface area contributed by atoms with E-state index in [0.29, 0.717) is 30.8 Å². The normalized spacial score (nSPS) is 11.1. The Kier molecular flexibility index (Phi) is 5.95. The highest BCUT2D eigenvalue weighted by Crippen LogP contribution is 2.25. The van der Waals surface area contributed by atoms with Crippen LogP contribution in [0.25, 0.3) is 16.2 Å². The van der Waals surface area contributed by atoms with Crippen LogP contribution in [0, 0.1) is 0 Å². The van der Waals surface area contributed by atoms with Crippen LogP contribution in [0.15, 0.2) is 89.0 Å². The molecule has 0 aliphatic heterocycles. The Morgan fingerprint density at radius 3 is 2.70 bits per heavy atom. The maximum absolute atomic E-state index is 13.5. The van der Waals surface area contributed by atoms with E-state index in [1.165, 1.54) is 0 Å². The van der Waals surface area contributed by atoms with E-state index >= 15 is 0 Å². The molecule has 166 valence electrons. The predicted molar refractivity (Wildman–Crippen MR) is 129 cm³/mol. The minimum atomic E-state index is -0.0917. The van der Waals surface area contributed by atoms with E-state index in [0.717, 1.165) is 27.7 Å². The molecule has 7 heteroatoms. The zero-order valence-corrected chi connectivity index (χ0v) is 19.0. The third-order valence-corrected chi connectivity index (χ3v) is 6.43. The van der Waals surface area contributed by atoms with Gasteiger partial charge in [0.1, 0.15) is 11.5 Å². The summed E-state index contributed by atoms with van der Waals surface area (Å²) in [5.74, 6) is 1.21. The molecule has 33 heavy (non-hydrogen) atoms. The van der Waals surface area contributed by atoms with E-state index in [-0.39, 0.29) is 5.91 Å². The smallest absolute Gasteiger partial charge is 0.258 e. The molecule has 0 saturated heterocycles.